The number of aliphatic carboxylic acids is 1. The third-order valence-electron chi connectivity index (χ3n) is 7.37. The molecule has 2 fully saturated rings. The molecule has 2 aromatic rings. The molecule has 0 spiro atoms. The van der Waals surface area contributed by atoms with Crippen molar-refractivity contribution in [2.45, 2.75) is 49.8 Å². The number of hydrogen-bond acceptors (Lipinski definition) is 5. The van der Waals surface area contributed by atoms with Gasteiger partial charge in [-0.1, -0.05) is 48.5 Å². The van der Waals surface area contributed by atoms with Gasteiger partial charge in [-0.3, -0.25) is 4.79 Å². The SMILES string of the molecule is CC(NC(=O)OCC1c2ccccc2-c2ccccc21)(C(=O)N1C[C@@H](O)C[C@H]1C(=O)O)C1CC1. The molecule has 0 aromatic heterocycles. The summed E-state index contributed by atoms with van der Waals surface area (Å²) in [5.41, 5.74) is 3.14. The smallest absolute Gasteiger partial charge is 0.408 e. The van der Waals surface area contributed by atoms with Gasteiger partial charge in [-0.2, -0.15) is 0 Å². The minimum absolute atomic E-state index is 0.0211. The lowest BCUT2D eigenvalue weighted by Gasteiger charge is -2.35. The van der Waals surface area contributed by atoms with E-state index in [4.69, 9.17) is 4.74 Å². The second-order valence-electron chi connectivity index (χ2n) is 9.63. The molecule has 1 saturated heterocycles. The lowest BCUT2D eigenvalue weighted by atomic mass is 9.93. The molecule has 8 nitrogen and oxygen atoms in total. The highest BCUT2D eigenvalue weighted by Crippen LogP contribution is 2.45. The molecular formula is C26H28N2O6. The van der Waals surface area contributed by atoms with Crippen LogP contribution >= 0.6 is 0 Å². The molecule has 5 rings (SSSR count). The van der Waals surface area contributed by atoms with Crippen molar-refractivity contribution in [2.24, 2.45) is 5.92 Å². The van der Waals surface area contributed by atoms with E-state index < -0.39 is 35.7 Å². The van der Waals surface area contributed by atoms with Gasteiger partial charge in [0.2, 0.25) is 5.91 Å². The minimum atomic E-state index is -1.29. The summed E-state index contributed by atoms with van der Waals surface area (Å²) in [5, 5.41) is 22.2. The predicted octanol–water partition coefficient (Wildman–Crippen LogP) is 2.74. The fraction of sp³-hybridized carbons (Fsp3) is 0.423. The number of rotatable bonds is 6. The number of amides is 2. The van der Waals surface area contributed by atoms with Crippen LogP contribution in [0.3, 0.4) is 0 Å². The molecule has 0 bridgehead atoms. The number of carboxylic acids is 1. The topological polar surface area (TPSA) is 116 Å². The zero-order valence-corrected chi connectivity index (χ0v) is 18.9. The van der Waals surface area contributed by atoms with Gasteiger partial charge in [-0.25, -0.2) is 9.59 Å². The lowest BCUT2D eigenvalue weighted by Crippen LogP contribution is -2.61. The van der Waals surface area contributed by atoms with E-state index in [1.165, 1.54) is 4.90 Å². The van der Waals surface area contributed by atoms with Crippen molar-refractivity contribution in [1.29, 1.82) is 0 Å². The summed E-state index contributed by atoms with van der Waals surface area (Å²) in [6.45, 7) is 1.68. The van der Waals surface area contributed by atoms with Crippen LogP contribution in [0.2, 0.25) is 0 Å². The molecular weight excluding hydrogens is 436 g/mol. The number of aliphatic hydroxyl groups excluding tert-OH is 1. The average Bonchev–Trinajstić information content (AvgIpc) is 3.54. The van der Waals surface area contributed by atoms with E-state index in [2.05, 4.69) is 17.4 Å². The summed E-state index contributed by atoms with van der Waals surface area (Å²) >= 11 is 0. The lowest BCUT2D eigenvalue weighted by molar-refractivity contribution is -0.151. The maximum Gasteiger partial charge on any atom is 0.408 e. The van der Waals surface area contributed by atoms with Crippen molar-refractivity contribution in [3.63, 3.8) is 0 Å². The van der Waals surface area contributed by atoms with Crippen LogP contribution in [0.25, 0.3) is 11.1 Å². The number of ether oxygens (including phenoxy) is 1. The van der Waals surface area contributed by atoms with Gasteiger partial charge >= 0.3 is 12.1 Å². The van der Waals surface area contributed by atoms with Crippen LogP contribution in [0.15, 0.2) is 48.5 Å². The molecule has 0 radical (unpaired) electrons. The van der Waals surface area contributed by atoms with Crippen molar-refractivity contribution in [2.75, 3.05) is 13.2 Å². The zero-order chi connectivity index (χ0) is 24.0. The van der Waals surface area contributed by atoms with Gasteiger partial charge in [0.05, 0.1) is 6.10 Å². The Balaban J connectivity index is 1.31. The molecule has 2 aliphatic carbocycles. The van der Waals surface area contributed by atoms with E-state index in [1.54, 1.807) is 6.92 Å². The number of likely N-dealkylation sites (tertiary alicyclic amines) is 1. The van der Waals surface area contributed by atoms with Gasteiger partial charge in [0.15, 0.2) is 0 Å². The molecule has 1 saturated carbocycles. The number of carboxylic acid groups (broad SMARTS) is 1. The third kappa shape index (κ3) is 3.81. The number of carbonyl (C=O) groups is 3. The van der Waals surface area contributed by atoms with Gasteiger partial charge in [-0.05, 0) is 47.9 Å². The van der Waals surface area contributed by atoms with Gasteiger partial charge in [0.25, 0.3) is 0 Å². The molecule has 34 heavy (non-hydrogen) atoms. The molecule has 8 heteroatoms. The van der Waals surface area contributed by atoms with Gasteiger partial charge in [-0.15, -0.1) is 0 Å². The van der Waals surface area contributed by atoms with Gasteiger partial charge < -0.3 is 25.2 Å². The maximum atomic E-state index is 13.4. The van der Waals surface area contributed by atoms with Crippen LogP contribution in [0.1, 0.15) is 43.2 Å². The first kappa shape index (κ1) is 22.4. The van der Waals surface area contributed by atoms with Crippen molar-refractivity contribution >= 4 is 18.0 Å². The Morgan fingerprint density at radius 1 is 1.06 bits per heavy atom. The normalized spacial score (nSPS) is 23.1. The minimum Gasteiger partial charge on any atom is -0.480 e. The van der Waals surface area contributed by atoms with E-state index in [9.17, 15) is 24.6 Å². The van der Waals surface area contributed by atoms with Crippen LogP contribution in [0, 0.1) is 5.92 Å². The predicted molar refractivity (Wildman–Crippen MR) is 123 cm³/mol. The van der Waals surface area contributed by atoms with E-state index in [0.29, 0.717) is 0 Å². The summed E-state index contributed by atoms with van der Waals surface area (Å²) in [6.07, 6.45) is -0.133. The summed E-state index contributed by atoms with van der Waals surface area (Å²) < 4.78 is 5.64. The Bertz CT molecular complexity index is 1100. The second kappa shape index (κ2) is 8.43. The monoisotopic (exact) mass is 464 g/mol. The van der Waals surface area contributed by atoms with E-state index in [0.717, 1.165) is 35.1 Å². The number of alkyl carbamates (subject to hydrolysis) is 1. The standard InChI is InChI=1S/C26H28N2O6/c1-26(15-10-11-15,24(32)28-13-16(29)12-22(28)23(30)31)27-25(33)34-14-21-19-8-4-2-6-17(19)18-7-3-5-9-20(18)21/h2-9,15-16,21-22,29H,10-14H2,1H3,(H,27,33)(H,30,31)/t16-,22-,26?/m0/s1. The van der Waals surface area contributed by atoms with Crippen molar-refractivity contribution in [1.82, 2.24) is 10.2 Å². The summed E-state index contributed by atoms with van der Waals surface area (Å²) in [6, 6.07) is 15.0. The molecule has 2 amide bonds. The van der Waals surface area contributed by atoms with E-state index in [-0.39, 0.29) is 31.4 Å². The summed E-state index contributed by atoms with van der Waals surface area (Å²) in [7, 11) is 0. The molecule has 1 aliphatic heterocycles. The van der Waals surface area contributed by atoms with E-state index in [1.807, 2.05) is 36.4 Å². The summed E-state index contributed by atoms with van der Waals surface area (Å²) in [4.78, 5) is 39.1. The van der Waals surface area contributed by atoms with Crippen LogP contribution < -0.4 is 5.32 Å². The Morgan fingerprint density at radius 2 is 1.65 bits per heavy atom. The zero-order valence-electron chi connectivity index (χ0n) is 18.9. The highest BCUT2D eigenvalue weighted by molar-refractivity contribution is 5.93. The largest absolute Gasteiger partial charge is 0.480 e. The van der Waals surface area contributed by atoms with Gasteiger partial charge in [0, 0.05) is 18.9 Å². The first-order valence-electron chi connectivity index (χ1n) is 11.6. The first-order valence-corrected chi connectivity index (χ1v) is 11.6. The Labute approximate surface area is 197 Å². The molecule has 3 aliphatic rings. The second-order valence-corrected chi connectivity index (χ2v) is 9.63. The Hall–Kier alpha value is -3.39. The molecule has 2 aromatic carbocycles. The number of nitrogens with zero attached hydrogens (tertiary/aromatic N) is 1. The molecule has 3 N–H and O–H groups in total. The number of fused-ring (bicyclic) bond motifs is 3. The van der Waals surface area contributed by atoms with E-state index >= 15 is 0 Å². The molecule has 178 valence electrons. The fourth-order valence-electron chi connectivity index (χ4n) is 5.41. The third-order valence-corrected chi connectivity index (χ3v) is 7.37. The highest BCUT2D eigenvalue weighted by atomic mass is 16.5. The number of aliphatic hydroxyl groups is 1. The molecule has 1 heterocycles. The highest BCUT2D eigenvalue weighted by Gasteiger charge is 2.53. The molecule has 1 unspecified atom stereocenters. The Morgan fingerprint density at radius 3 is 2.21 bits per heavy atom. The summed E-state index contributed by atoms with van der Waals surface area (Å²) in [5.74, 6) is -1.87. The number of nitrogens with one attached hydrogen (secondary N) is 1. The first-order chi connectivity index (χ1) is 16.3. The quantitative estimate of drug-likeness (QED) is 0.605. The Kier molecular flexibility index (Phi) is 5.56. The average molecular weight is 465 g/mol. The number of benzene rings is 2. The van der Waals surface area contributed by atoms with Gasteiger partial charge in [0.1, 0.15) is 18.2 Å². The van der Waals surface area contributed by atoms with Crippen molar-refractivity contribution in [3.8, 4) is 11.1 Å². The number of hydrogen-bond donors (Lipinski definition) is 3. The van der Waals surface area contributed by atoms with Crippen LogP contribution in [-0.4, -0.2) is 63.9 Å². The van der Waals surface area contributed by atoms with Crippen LogP contribution in [0.5, 0.6) is 0 Å². The fourth-order valence-corrected chi connectivity index (χ4v) is 5.41. The van der Waals surface area contributed by atoms with Crippen LogP contribution in [-0.2, 0) is 14.3 Å². The number of β-amino-alcohol motifs (C(OH)–C–C–N with tert-alkyl or cyclic N) is 1. The van der Waals surface area contributed by atoms with Crippen LogP contribution in [0.4, 0.5) is 4.79 Å². The number of carbonyl (C=O) groups excluding carboxylic acids is 2. The maximum absolute atomic E-state index is 13.4. The van der Waals surface area contributed by atoms with Crippen molar-refractivity contribution < 1.29 is 29.3 Å². The molecule has 3 atom stereocenters. The van der Waals surface area contributed by atoms with Crippen molar-refractivity contribution in [3.05, 3.63) is 59.7 Å².